The summed E-state index contributed by atoms with van der Waals surface area (Å²) in [6.45, 7) is 2.47. The van der Waals surface area contributed by atoms with E-state index in [1.165, 1.54) is 0 Å². The van der Waals surface area contributed by atoms with E-state index in [9.17, 15) is 8.42 Å². The van der Waals surface area contributed by atoms with Gasteiger partial charge >= 0.3 is 0 Å². The van der Waals surface area contributed by atoms with Crippen LogP contribution in [0.15, 0.2) is 42.5 Å². The van der Waals surface area contributed by atoms with E-state index in [0.29, 0.717) is 36.2 Å². The Morgan fingerprint density at radius 3 is 2.52 bits per heavy atom. The summed E-state index contributed by atoms with van der Waals surface area (Å²) in [4.78, 5) is 0. The molecule has 0 aromatic heterocycles. The molecule has 0 bridgehead atoms. The molecule has 0 atom stereocenters. The lowest BCUT2D eigenvalue weighted by Gasteiger charge is -2.14. The van der Waals surface area contributed by atoms with Crippen molar-refractivity contribution in [3.8, 4) is 16.9 Å². The van der Waals surface area contributed by atoms with Gasteiger partial charge in [-0.25, -0.2) is 8.42 Å². The average Bonchev–Trinajstić information content (AvgIpc) is 2.54. The average molecular weight is 457 g/mol. The molecule has 0 aliphatic heterocycles. The lowest BCUT2D eigenvalue weighted by molar-refractivity contribution is 0.316. The van der Waals surface area contributed by atoms with Gasteiger partial charge in [0.2, 0.25) is 10.0 Å². The summed E-state index contributed by atoms with van der Waals surface area (Å²) < 4.78 is 31.2. The molecule has 0 saturated carbocycles. The van der Waals surface area contributed by atoms with E-state index in [0.717, 1.165) is 23.9 Å². The molecule has 0 radical (unpaired) electrons. The van der Waals surface area contributed by atoms with Crippen LogP contribution in [0.1, 0.15) is 0 Å². The summed E-state index contributed by atoms with van der Waals surface area (Å²) in [6, 6.07) is 12.4. The van der Waals surface area contributed by atoms with Crippen molar-refractivity contribution in [2.75, 3.05) is 37.2 Å². The van der Waals surface area contributed by atoms with E-state index < -0.39 is 10.0 Å². The first-order valence-corrected chi connectivity index (χ1v) is 10.1. The maximum Gasteiger partial charge on any atom is 0.229 e. The number of hydrogen-bond donors (Lipinski definition) is 3. The Morgan fingerprint density at radius 1 is 1.11 bits per heavy atom. The third-order valence-corrected chi connectivity index (χ3v) is 4.12. The molecular formula is C17H24Cl3N3O3S. The third kappa shape index (κ3) is 9.01. The smallest absolute Gasteiger partial charge is 0.229 e. The van der Waals surface area contributed by atoms with Crippen molar-refractivity contribution in [3.63, 3.8) is 0 Å². The van der Waals surface area contributed by atoms with Gasteiger partial charge < -0.3 is 15.8 Å². The topological polar surface area (TPSA) is 93.5 Å². The van der Waals surface area contributed by atoms with Gasteiger partial charge in [0, 0.05) is 35.9 Å². The molecule has 6 nitrogen and oxygen atoms in total. The Morgan fingerprint density at radius 2 is 1.85 bits per heavy atom. The Bertz CT molecular complexity index is 820. The predicted octanol–water partition coefficient (Wildman–Crippen LogP) is 3.15. The van der Waals surface area contributed by atoms with E-state index in [4.69, 9.17) is 22.1 Å². The molecule has 0 unspecified atom stereocenters. The molecule has 0 spiro atoms. The van der Waals surface area contributed by atoms with Gasteiger partial charge in [-0.3, -0.25) is 4.72 Å². The van der Waals surface area contributed by atoms with Crippen LogP contribution in [0, 0.1) is 0 Å². The number of halogens is 3. The first-order chi connectivity index (χ1) is 11.9. The van der Waals surface area contributed by atoms with Gasteiger partial charge in [-0.05, 0) is 35.9 Å². The summed E-state index contributed by atoms with van der Waals surface area (Å²) in [5.74, 6) is 0.676. The fraction of sp³-hybridized carbons (Fsp3) is 0.294. The second kappa shape index (κ2) is 12.3. The quantitative estimate of drug-likeness (QED) is 0.504. The number of nitrogens with one attached hydrogen (secondary N) is 2. The zero-order chi connectivity index (χ0) is 18.3. The van der Waals surface area contributed by atoms with Crippen LogP contribution in [-0.4, -0.2) is 40.9 Å². The monoisotopic (exact) mass is 455 g/mol. The van der Waals surface area contributed by atoms with Gasteiger partial charge in [0.15, 0.2) is 0 Å². The van der Waals surface area contributed by atoms with E-state index >= 15 is 0 Å². The summed E-state index contributed by atoms with van der Waals surface area (Å²) >= 11 is 6.12. The zero-order valence-electron chi connectivity index (χ0n) is 14.8. The van der Waals surface area contributed by atoms with Crippen LogP contribution >= 0.6 is 36.4 Å². The lowest BCUT2D eigenvalue weighted by atomic mass is 10.0. The van der Waals surface area contributed by atoms with Crippen LogP contribution in [0.2, 0.25) is 5.02 Å². The van der Waals surface area contributed by atoms with Gasteiger partial charge in [-0.15, -0.1) is 24.8 Å². The summed E-state index contributed by atoms with van der Waals surface area (Å²) in [6.07, 6.45) is 1.11. The van der Waals surface area contributed by atoms with Gasteiger partial charge in [0.25, 0.3) is 0 Å². The van der Waals surface area contributed by atoms with E-state index in [-0.39, 0.29) is 24.8 Å². The minimum Gasteiger partial charge on any atom is -0.492 e. The molecule has 10 heteroatoms. The van der Waals surface area contributed by atoms with Crippen molar-refractivity contribution in [2.24, 2.45) is 5.73 Å². The van der Waals surface area contributed by atoms with Crippen molar-refractivity contribution in [2.45, 2.75) is 0 Å². The van der Waals surface area contributed by atoms with Crippen LogP contribution in [-0.2, 0) is 10.0 Å². The number of sulfonamides is 1. The largest absolute Gasteiger partial charge is 0.492 e. The fourth-order valence-corrected chi connectivity index (χ4v) is 3.01. The molecule has 0 saturated heterocycles. The van der Waals surface area contributed by atoms with E-state index in [1.807, 2.05) is 6.07 Å². The Labute approximate surface area is 177 Å². The SMILES string of the molecule is CS(=O)(=O)Nc1cccc(-c2cc(Cl)ccc2OCCNCCN)c1.Cl.Cl. The van der Waals surface area contributed by atoms with E-state index in [2.05, 4.69) is 10.0 Å². The molecule has 0 aliphatic rings. The first kappa shape index (κ1) is 25.8. The Hall–Kier alpha value is -1.22. The molecule has 2 aromatic carbocycles. The van der Waals surface area contributed by atoms with Crippen LogP contribution in [0.3, 0.4) is 0 Å². The molecule has 0 fully saturated rings. The summed E-state index contributed by atoms with van der Waals surface area (Å²) in [5.41, 5.74) is 7.51. The summed E-state index contributed by atoms with van der Waals surface area (Å²) in [7, 11) is -3.34. The van der Waals surface area contributed by atoms with Crippen LogP contribution in [0.5, 0.6) is 5.75 Å². The fourth-order valence-electron chi connectivity index (χ4n) is 2.28. The molecule has 2 aromatic rings. The highest BCUT2D eigenvalue weighted by Gasteiger charge is 2.10. The second-order valence-electron chi connectivity index (χ2n) is 5.48. The molecule has 0 amide bonds. The molecule has 4 N–H and O–H groups in total. The molecule has 27 heavy (non-hydrogen) atoms. The normalized spacial score (nSPS) is 10.5. The first-order valence-electron chi connectivity index (χ1n) is 7.80. The van der Waals surface area contributed by atoms with Crippen molar-refractivity contribution in [1.82, 2.24) is 5.32 Å². The van der Waals surface area contributed by atoms with Crippen LogP contribution in [0.4, 0.5) is 5.69 Å². The van der Waals surface area contributed by atoms with Crippen molar-refractivity contribution in [3.05, 3.63) is 47.5 Å². The number of ether oxygens (including phenoxy) is 1. The van der Waals surface area contributed by atoms with E-state index in [1.54, 1.807) is 36.4 Å². The highest BCUT2D eigenvalue weighted by Crippen LogP contribution is 2.34. The van der Waals surface area contributed by atoms with Crippen molar-refractivity contribution < 1.29 is 13.2 Å². The third-order valence-electron chi connectivity index (χ3n) is 3.28. The van der Waals surface area contributed by atoms with Gasteiger partial charge in [-0.1, -0.05) is 23.7 Å². The highest BCUT2D eigenvalue weighted by molar-refractivity contribution is 7.92. The van der Waals surface area contributed by atoms with Gasteiger partial charge in [-0.2, -0.15) is 0 Å². The number of benzene rings is 2. The van der Waals surface area contributed by atoms with Crippen LogP contribution in [0.25, 0.3) is 11.1 Å². The predicted molar refractivity (Wildman–Crippen MR) is 117 cm³/mol. The maximum absolute atomic E-state index is 11.4. The minimum atomic E-state index is -3.34. The molecule has 0 heterocycles. The second-order valence-corrected chi connectivity index (χ2v) is 7.67. The number of rotatable bonds is 9. The summed E-state index contributed by atoms with van der Waals surface area (Å²) in [5, 5.41) is 3.73. The Kier molecular flexibility index (Phi) is 11.7. The lowest BCUT2D eigenvalue weighted by Crippen LogP contribution is -2.26. The highest BCUT2D eigenvalue weighted by atomic mass is 35.5. The number of anilines is 1. The molecule has 0 aliphatic carbocycles. The van der Waals surface area contributed by atoms with Crippen molar-refractivity contribution >= 4 is 52.1 Å². The standard InChI is InChI=1S/C17H22ClN3O3S.2ClH/c1-25(22,23)21-15-4-2-3-13(11-15)16-12-14(18)5-6-17(16)24-10-9-20-8-7-19;;/h2-6,11-12,20-21H,7-10,19H2,1H3;2*1H. The van der Waals surface area contributed by atoms with Crippen LogP contribution < -0.4 is 20.5 Å². The minimum absolute atomic E-state index is 0. The van der Waals surface area contributed by atoms with Gasteiger partial charge in [0.1, 0.15) is 12.4 Å². The molecule has 152 valence electrons. The zero-order valence-corrected chi connectivity index (χ0v) is 18.0. The Balaban J connectivity index is 0.00000338. The van der Waals surface area contributed by atoms with Crippen molar-refractivity contribution in [1.29, 1.82) is 0 Å². The van der Waals surface area contributed by atoms with Gasteiger partial charge in [0.05, 0.1) is 6.26 Å². The maximum atomic E-state index is 11.4. The molecular weight excluding hydrogens is 433 g/mol. The number of nitrogens with two attached hydrogens (primary N) is 1. The number of hydrogen-bond acceptors (Lipinski definition) is 5. The molecule has 2 rings (SSSR count).